The van der Waals surface area contributed by atoms with Crippen LogP contribution in [0.15, 0.2) is 18.2 Å². The summed E-state index contributed by atoms with van der Waals surface area (Å²) in [4.78, 5) is 14.0. The van der Waals surface area contributed by atoms with Crippen molar-refractivity contribution in [1.82, 2.24) is 4.98 Å². The van der Waals surface area contributed by atoms with Crippen molar-refractivity contribution in [2.75, 3.05) is 0 Å². The van der Waals surface area contributed by atoms with E-state index in [1.807, 2.05) is 19.9 Å². The highest BCUT2D eigenvalue weighted by atomic mass is 16.4. The standard InChI is InChI=1S/C11H11NO2/c1-6-3-9(11(13)14)5-8-4-7(2)12-10(6)8/h3-5,12H,1-2H3,(H,13,14). The molecule has 14 heavy (non-hydrogen) atoms. The molecule has 0 radical (unpaired) electrons. The molecule has 0 aliphatic heterocycles. The Hall–Kier alpha value is -1.77. The van der Waals surface area contributed by atoms with E-state index in [9.17, 15) is 4.79 Å². The zero-order valence-electron chi connectivity index (χ0n) is 8.09. The van der Waals surface area contributed by atoms with Crippen LogP contribution in [-0.2, 0) is 0 Å². The molecule has 72 valence electrons. The maximum atomic E-state index is 10.8. The van der Waals surface area contributed by atoms with Crippen LogP contribution in [0.3, 0.4) is 0 Å². The van der Waals surface area contributed by atoms with E-state index in [1.165, 1.54) is 0 Å². The lowest BCUT2D eigenvalue weighted by Crippen LogP contribution is -1.96. The molecule has 2 N–H and O–H groups in total. The summed E-state index contributed by atoms with van der Waals surface area (Å²) in [7, 11) is 0. The Morgan fingerprint density at radius 1 is 1.29 bits per heavy atom. The van der Waals surface area contributed by atoms with E-state index in [-0.39, 0.29) is 0 Å². The molecule has 1 aromatic carbocycles. The van der Waals surface area contributed by atoms with Gasteiger partial charge in [-0.2, -0.15) is 0 Å². The zero-order valence-corrected chi connectivity index (χ0v) is 8.09. The second-order valence-corrected chi connectivity index (χ2v) is 3.51. The number of hydrogen-bond acceptors (Lipinski definition) is 1. The number of fused-ring (bicyclic) bond motifs is 1. The summed E-state index contributed by atoms with van der Waals surface area (Å²) >= 11 is 0. The molecule has 0 fully saturated rings. The Kier molecular flexibility index (Phi) is 1.81. The zero-order chi connectivity index (χ0) is 10.3. The number of aromatic carboxylic acids is 1. The van der Waals surface area contributed by atoms with Crippen molar-refractivity contribution in [1.29, 1.82) is 0 Å². The summed E-state index contributed by atoms with van der Waals surface area (Å²) < 4.78 is 0. The molecule has 3 heteroatoms. The second-order valence-electron chi connectivity index (χ2n) is 3.51. The number of rotatable bonds is 1. The number of hydrogen-bond donors (Lipinski definition) is 2. The summed E-state index contributed by atoms with van der Waals surface area (Å²) in [5.41, 5.74) is 3.38. The largest absolute Gasteiger partial charge is 0.478 e. The highest BCUT2D eigenvalue weighted by Gasteiger charge is 2.07. The molecule has 0 aliphatic carbocycles. The number of aromatic amines is 1. The first-order valence-electron chi connectivity index (χ1n) is 4.41. The fourth-order valence-electron chi connectivity index (χ4n) is 1.69. The molecule has 0 unspecified atom stereocenters. The number of aromatic nitrogens is 1. The third-order valence-corrected chi connectivity index (χ3v) is 2.31. The maximum Gasteiger partial charge on any atom is 0.335 e. The number of carboxylic acids is 1. The summed E-state index contributed by atoms with van der Waals surface area (Å²) in [6.45, 7) is 3.87. The molecule has 0 aliphatic rings. The summed E-state index contributed by atoms with van der Waals surface area (Å²) in [5.74, 6) is -0.881. The molecule has 0 saturated heterocycles. The smallest absolute Gasteiger partial charge is 0.335 e. The van der Waals surface area contributed by atoms with Crippen LogP contribution in [0.2, 0.25) is 0 Å². The minimum absolute atomic E-state index is 0.342. The molecule has 1 heterocycles. The maximum absolute atomic E-state index is 10.8. The minimum Gasteiger partial charge on any atom is -0.478 e. The summed E-state index contributed by atoms with van der Waals surface area (Å²) in [6.07, 6.45) is 0. The number of carbonyl (C=O) groups is 1. The van der Waals surface area contributed by atoms with Crippen LogP contribution < -0.4 is 0 Å². The van der Waals surface area contributed by atoms with E-state index in [2.05, 4.69) is 4.98 Å². The number of benzene rings is 1. The van der Waals surface area contributed by atoms with Crippen LogP contribution in [0.25, 0.3) is 10.9 Å². The molecule has 0 amide bonds. The van der Waals surface area contributed by atoms with Crippen LogP contribution in [0.4, 0.5) is 0 Å². The first kappa shape index (κ1) is 8.81. The van der Waals surface area contributed by atoms with Gasteiger partial charge in [0.05, 0.1) is 5.56 Å². The van der Waals surface area contributed by atoms with Gasteiger partial charge in [0.25, 0.3) is 0 Å². The molecule has 1 aromatic heterocycles. The van der Waals surface area contributed by atoms with Crippen LogP contribution in [0.5, 0.6) is 0 Å². The van der Waals surface area contributed by atoms with E-state index in [4.69, 9.17) is 5.11 Å². The van der Waals surface area contributed by atoms with Crippen molar-refractivity contribution >= 4 is 16.9 Å². The molecule has 2 aromatic rings. The number of carboxylic acid groups (broad SMARTS) is 1. The second kappa shape index (κ2) is 2.87. The van der Waals surface area contributed by atoms with Crippen LogP contribution in [0, 0.1) is 13.8 Å². The fourth-order valence-corrected chi connectivity index (χ4v) is 1.69. The molecular formula is C11H11NO2. The highest BCUT2D eigenvalue weighted by molar-refractivity contribution is 5.95. The van der Waals surface area contributed by atoms with Gasteiger partial charge in [-0.05, 0) is 37.6 Å². The van der Waals surface area contributed by atoms with Gasteiger partial charge in [0.2, 0.25) is 0 Å². The lowest BCUT2D eigenvalue weighted by molar-refractivity contribution is 0.0697. The predicted octanol–water partition coefficient (Wildman–Crippen LogP) is 2.48. The lowest BCUT2D eigenvalue weighted by Gasteiger charge is -1.99. The van der Waals surface area contributed by atoms with Crippen molar-refractivity contribution in [3.05, 3.63) is 35.0 Å². The van der Waals surface area contributed by atoms with Gasteiger partial charge in [-0.3, -0.25) is 0 Å². The Morgan fingerprint density at radius 2 is 2.00 bits per heavy atom. The third-order valence-electron chi connectivity index (χ3n) is 2.31. The Balaban J connectivity index is 2.77. The molecule has 0 bridgehead atoms. The van der Waals surface area contributed by atoms with E-state index < -0.39 is 5.97 Å². The van der Waals surface area contributed by atoms with Crippen molar-refractivity contribution < 1.29 is 9.90 Å². The van der Waals surface area contributed by atoms with Gasteiger partial charge in [0.1, 0.15) is 0 Å². The normalized spacial score (nSPS) is 10.7. The van der Waals surface area contributed by atoms with E-state index in [0.29, 0.717) is 5.56 Å². The van der Waals surface area contributed by atoms with Gasteiger partial charge in [-0.15, -0.1) is 0 Å². The minimum atomic E-state index is -0.881. The molecule has 0 atom stereocenters. The Bertz CT molecular complexity index is 511. The first-order valence-corrected chi connectivity index (χ1v) is 4.41. The van der Waals surface area contributed by atoms with Gasteiger partial charge in [0.15, 0.2) is 0 Å². The van der Waals surface area contributed by atoms with Crippen molar-refractivity contribution in [2.45, 2.75) is 13.8 Å². The van der Waals surface area contributed by atoms with Gasteiger partial charge < -0.3 is 10.1 Å². The van der Waals surface area contributed by atoms with E-state index in [0.717, 1.165) is 22.2 Å². The van der Waals surface area contributed by atoms with Gasteiger partial charge in [-0.1, -0.05) is 0 Å². The molecule has 3 nitrogen and oxygen atoms in total. The van der Waals surface area contributed by atoms with Crippen molar-refractivity contribution in [3.63, 3.8) is 0 Å². The van der Waals surface area contributed by atoms with Crippen LogP contribution in [-0.4, -0.2) is 16.1 Å². The number of nitrogens with one attached hydrogen (secondary N) is 1. The average Bonchev–Trinajstić information content (AvgIpc) is 2.45. The average molecular weight is 189 g/mol. The van der Waals surface area contributed by atoms with Crippen LogP contribution in [0.1, 0.15) is 21.6 Å². The summed E-state index contributed by atoms with van der Waals surface area (Å²) in [5, 5.41) is 9.82. The monoisotopic (exact) mass is 189 g/mol. The number of aryl methyl sites for hydroxylation is 2. The van der Waals surface area contributed by atoms with E-state index >= 15 is 0 Å². The number of H-pyrrole nitrogens is 1. The highest BCUT2D eigenvalue weighted by Crippen LogP contribution is 2.21. The third kappa shape index (κ3) is 1.27. The first-order chi connectivity index (χ1) is 6.58. The van der Waals surface area contributed by atoms with Gasteiger partial charge in [0, 0.05) is 16.6 Å². The van der Waals surface area contributed by atoms with E-state index in [1.54, 1.807) is 12.1 Å². The molecule has 0 saturated carbocycles. The Morgan fingerprint density at radius 3 is 2.64 bits per heavy atom. The van der Waals surface area contributed by atoms with Crippen LogP contribution >= 0.6 is 0 Å². The Labute approximate surface area is 81.4 Å². The SMILES string of the molecule is Cc1cc2cc(C(=O)O)cc(C)c2[nH]1. The van der Waals surface area contributed by atoms with Crippen molar-refractivity contribution in [3.8, 4) is 0 Å². The summed E-state index contributed by atoms with van der Waals surface area (Å²) in [6, 6.07) is 5.32. The fraction of sp³-hybridized carbons (Fsp3) is 0.182. The molecule has 0 spiro atoms. The van der Waals surface area contributed by atoms with Gasteiger partial charge >= 0.3 is 5.97 Å². The topological polar surface area (TPSA) is 53.1 Å². The van der Waals surface area contributed by atoms with Crippen molar-refractivity contribution in [2.24, 2.45) is 0 Å². The molecular weight excluding hydrogens is 178 g/mol. The molecule has 2 rings (SSSR count). The lowest BCUT2D eigenvalue weighted by atomic mass is 10.1. The van der Waals surface area contributed by atoms with Gasteiger partial charge in [-0.25, -0.2) is 4.79 Å². The predicted molar refractivity (Wildman–Crippen MR) is 54.7 cm³/mol. The quantitative estimate of drug-likeness (QED) is 0.724.